The van der Waals surface area contributed by atoms with E-state index in [1.54, 1.807) is 0 Å². The molecule has 144 valence electrons. The molecule has 0 rings (SSSR count). The van der Waals surface area contributed by atoms with Crippen molar-refractivity contribution in [2.24, 2.45) is 0 Å². The van der Waals surface area contributed by atoms with Gasteiger partial charge in [-0.3, -0.25) is 5.26 Å². The Bertz CT molecular complexity index is 510. The van der Waals surface area contributed by atoms with Crippen LogP contribution in [0.25, 0.3) is 0 Å². The van der Waals surface area contributed by atoms with E-state index in [-0.39, 0.29) is 12.5 Å². The zero-order valence-electron chi connectivity index (χ0n) is 15.6. The number of hydrogen-bond donors (Lipinski definition) is 1. The van der Waals surface area contributed by atoms with E-state index in [1.807, 2.05) is 48.6 Å². The molecule has 0 amide bonds. The Morgan fingerprint density at radius 2 is 1.54 bits per heavy atom. The minimum Gasteiger partial charge on any atom is -0.550 e. The number of allylic oxidation sites excluding steroid dienone is 10. The molecule has 0 radical (unpaired) electrons. The van der Waals surface area contributed by atoms with Gasteiger partial charge in [-0.1, -0.05) is 79.8 Å². The number of aliphatic carboxylic acids is 1. The third-order valence-electron chi connectivity index (χ3n) is 3.31. The molecule has 0 unspecified atom stereocenters. The van der Waals surface area contributed by atoms with E-state index in [4.69, 9.17) is 5.26 Å². The third-order valence-corrected chi connectivity index (χ3v) is 3.31. The van der Waals surface area contributed by atoms with Crippen molar-refractivity contribution in [3.05, 3.63) is 72.9 Å². The molecule has 0 aliphatic rings. The fraction of sp³-hybridized carbons (Fsp3) is 0.409. The molecule has 0 aromatic heterocycles. The first-order chi connectivity index (χ1) is 12.7. The van der Waals surface area contributed by atoms with Gasteiger partial charge in [0.2, 0.25) is 0 Å². The molecule has 0 fully saturated rings. The Morgan fingerprint density at radius 3 is 2.12 bits per heavy atom. The van der Waals surface area contributed by atoms with Crippen molar-refractivity contribution in [2.45, 2.75) is 58.0 Å². The van der Waals surface area contributed by atoms with Crippen LogP contribution in [0.3, 0.4) is 0 Å². The van der Waals surface area contributed by atoms with Gasteiger partial charge in [0.25, 0.3) is 0 Å². The molecule has 0 aliphatic carbocycles. The first kappa shape index (κ1) is 23.8. The predicted molar refractivity (Wildman–Crippen MR) is 105 cm³/mol. The molecule has 26 heavy (non-hydrogen) atoms. The van der Waals surface area contributed by atoms with E-state index in [0.717, 1.165) is 25.7 Å². The molecule has 4 heteroatoms. The highest BCUT2D eigenvalue weighted by Crippen LogP contribution is 2.02. The quantitative estimate of drug-likeness (QED) is 0.199. The van der Waals surface area contributed by atoms with Crippen LogP contribution in [0.5, 0.6) is 0 Å². The lowest BCUT2D eigenvalue weighted by Gasteiger charge is -2.03. The van der Waals surface area contributed by atoms with Crippen LogP contribution in [0.2, 0.25) is 0 Å². The summed E-state index contributed by atoms with van der Waals surface area (Å²) >= 11 is 0. The van der Waals surface area contributed by atoms with Gasteiger partial charge in [-0.05, 0) is 44.9 Å². The molecule has 0 heterocycles. The van der Waals surface area contributed by atoms with Crippen molar-refractivity contribution in [3.8, 4) is 0 Å². The fourth-order valence-corrected chi connectivity index (χ4v) is 1.93. The fourth-order valence-electron chi connectivity index (χ4n) is 1.93. The smallest absolute Gasteiger partial charge is 0.115 e. The summed E-state index contributed by atoms with van der Waals surface area (Å²) in [6.45, 7) is 2.06. The summed E-state index contributed by atoms with van der Waals surface area (Å²) in [5.41, 5.74) is 0. The van der Waals surface area contributed by atoms with Gasteiger partial charge in [0.15, 0.2) is 0 Å². The predicted octanol–water partition coefficient (Wildman–Crippen LogP) is 4.68. The van der Waals surface area contributed by atoms with Crippen molar-refractivity contribution in [3.63, 3.8) is 0 Å². The van der Waals surface area contributed by atoms with Crippen LogP contribution in [-0.2, 0) is 9.68 Å². The van der Waals surface area contributed by atoms with Gasteiger partial charge in [0.05, 0.1) is 0 Å². The molecule has 0 aromatic rings. The second-order valence-electron chi connectivity index (χ2n) is 5.60. The van der Waals surface area contributed by atoms with E-state index in [1.165, 1.54) is 0 Å². The standard InChI is InChI=1S/C22H32O4/c1-2-3-15-18-21(26-25)19-16-13-11-9-7-5-4-6-8-10-12-14-17-20-22(23)24/h3,5-8,11-16,19,21,25H,2,4,9-10,17-18,20H2,1H3,(H,23,24)/p-1/b7-5-,8-6-,13-11-,14-12-,15-3-,19-16+/t21-/m1/s1. The molecule has 0 saturated heterocycles. The summed E-state index contributed by atoms with van der Waals surface area (Å²) < 4.78 is 0. The Hall–Kier alpha value is -2.17. The molecule has 0 spiro atoms. The summed E-state index contributed by atoms with van der Waals surface area (Å²) in [6.07, 6.45) is 28.3. The molecule has 0 aliphatic heterocycles. The Morgan fingerprint density at radius 1 is 0.923 bits per heavy atom. The molecule has 0 bridgehead atoms. The second kappa shape index (κ2) is 19.2. The van der Waals surface area contributed by atoms with Gasteiger partial charge in [0, 0.05) is 5.97 Å². The van der Waals surface area contributed by atoms with E-state index >= 15 is 0 Å². The monoisotopic (exact) mass is 359 g/mol. The lowest BCUT2D eigenvalue weighted by atomic mass is 10.2. The topological polar surface area (TPSA) is 69.6 Å². The van der Waals surface area contributed by atoms with Gasteiger partial charge >= 0.3 is 0 Å². The van der Waals surface area contributed by atoms with Crippen LogP contribution in [0.1, 0.15) is 51.9 Å². The van der Waals surface area contributed by atoms with Crippen LogP contribution < -0.4 is 5.11 Å². The van der Waals surface area contributed by atoms with Crippen LogP contribution in [0, 0.1) is 0 Å². The summed E-state index contributed by atoms with van der Waals surface area (Å²) in [5.74, 6) is -1.01. The first-order valence-corrected chi connectivity index (χ1v) is 9.14. The number of carbonyl (C=O) groups is 1. The average Bonchev–Trinajstić information content (AvgIpc) is 2.63. The van der Waals surface area contributed by atoms with Crippen LogP contribution in [0.4, 0.5) is 0 Å². The number of rotatable bonds is 15. The summed E-state index contributed by atoms with van der Waals surface area (Å²) in [4.78, 5) is 14.6. The van der Waals surface area contributed by atoms with Gasteiger partial charge in [-0.15, -0.1) is 0 Å². The first-order valence-electron chi connectivity index (χ1n) is 9.14. The third kappa shape index (κ3) is 18.2. The van der Waals surface area contributed by atoms with Gasteiger partial charge in [-0.25, -0.2) is 4.89 Å². The molecule has 1 N–H and O–H groups in total. The zero-order chi connectivity index (χ0) is 19.3. The SMILES string of the molecule is CC/C=C\C[C@H](/C=C/C=C\C/C=C\C/C=C\C/C=C\CCC(=O)[O-])OO. The van der Waals surface area contributed by atoms with E-state index in [0.29, 0.717) is 12.8 Å². The number of carboxylic acid groups (broad SMARTS) is 1. The molecule has 0 saturated carbocycles. The molecular formula is C22H31O4-. The van der Waals surface area contributed by atoms with Crippen molar-refractivity contribution < 1.29 is 20.0 Å². The zero-order valence-corrected chi connectivity index (χ0v) is 15.6. The maximum absolute atomic E-state index is 10.2. The van der Waals surface area contributed by atoms with Crippen molar-refractivity contribution in [1.29, 1.82) is 0 Å². The number of carboxylic acids is 1. The normalized spacial score (nSPS) is 14.2. The van der Waals surface area contributed by atoms with Gasteiger partial charge in [-0.2, -0.15) is 0 Å². The summed E-state index contributed by atoms with van der Waals surface area (Å²) in [7, 11) is 0. The number of hydrogen-bond acceptors (Lipinski definition) is 4. The Balaban J connectivity index is 3.77. The average molecular weight is 359 g/mol. The second-order valence-corrected chi connectivity index (χ2v) is 5.60. The van der Waals surface area contributed by atoms with Gasteiger partial charge < -0.3 is 9.90 Å². The maximum atomic E-state index is 10.2. The summed E-state index contributed by atoms with van der Waals surface area (Å²) in [6, 6.07) is 0. The summed E-state index contributed by atoms with van der Waals surface area (Å²) in [5, 5.41) is 19.0. The number of carbonyl (C=O) groups excluding carboxylic acids is 1. The molecule has 0 aromatic carbocycles. The lowest BCUT2D eigenvalue weighted by molar-refractivity contribution is -0.305. The highest BCUT2D eigenvalue weighted by molar-refractivity contribution is 5.64. The highest BCUT2D eigenvalue weighted by Gasteiger charge is 1.99. The van der Waals surface area contributed by atoms with E-state index in [9.17, 15) is 9.90 Å². The van der Waals surface area contributed by atoms with Crippen LogP contribution >= 0.6 is 0 Å². The van der Waals surface area contributed by atoms with Crippen LogP contribution in [-0.4, -0.2) is 17.3 Å². The van der Waals surface area contributed by atoms with Crippen molar-refractivity contribution in [1.82, 2.24) is 0 Å². The maximum Gasteiger partial charge on any atom is 0.115 e. The lowest BCUT2D eigenvalue weighted by Crippen LogP contribution is -2.21. The van der Waals surface area contributed by atoms with E-state index < -0.39 is 5.97 Å². The minimum atomic E-state index is -1.01. The molecule has 4 nitrogen and oxygen atoms in total. The van der Waals surface area contributed by atoms with Gasteiger partial charge in [0.1, 0.15) is 6.10 Å². The van der Waals surface area contributed by atoms with E-state index in [2.05, 4.69) is 36.1 Å². The highest BCUT2D eigenvalue weighted by atomic mass is 17.1. The Labute approximate surface area is 157 Å². The Kier molecular flexibility index (Phi) is 17.6. The minimum absolute atomic E-state index is 0.0786. The molecule has 1 atom stereocenters. The van der Waals surface area contributed by atoms with Crippen molar-refractivity contribution in [2.75, 3.05) is 0 Å². The largest absolute Gasteiger partial charge is 0.550 e. The van der Waals surface area contributed by atoms with Crippen LogP contribution in [0.15, 0.2) is 72.9 Å². The molecular weight excluding hydrogens is 328 g/mol. The van der Waals surface area contributed by atoms with Crippen molar-refractivity contribution >= 4 is 5.97 Å².